The van der Waals surface area contributed by atoms with Crippen LogP contribution in [0.25, 0.3) is 0 Å². The molecular weight excluding hydrogens is 104 g/mol. The van der Waals surface area contributed by atoms with Gasteiger partial charge in [0.1, 0.15) is 6.29 Å². The molecule has 8 heavy (non-hydrogen) atoms. The summed E-state index contributed by atoms with van der Waals surface area (Å²) in [7, 11) is 0. The van der Waals surface area contributed by atoms with Crippen LogP contribution < -0.4 is 0 Å². The Morgan fingerprint density at radius 3 is 2.38 bits per heavy atom. The Hall–Kier alpha value is -0.370. The number of carbonyl (C=O) groups excluding carboxylic acids is 1. The van der Waals surface area contributed by atoms with Crippen LogP contribution in [0.1, 0.15) is 25.7 Å². The van der Waals surface area contributed by atoms with Crippen LogP contribution in [0.15, 0.2) is 0 Å². The van der Waals surface area contributed by atoms with Crippen LogP contribution in [0.3, 0.4) is 0 Å². The highest BCUT2D eigenvalue weighted by molar-refractivity contribution is 5.48. The number of aliphatic hydroxyl groups is 1. The topological polar surface area (TPSA) is 37.3 Å². The molecule has 1 radical (unpaired) electrons. The Balaban J connectivity index is 2.62. The Labute approximate surface area is 49.5 Å². The van der Waals surface area contributed by atoms with E-state index in [0.717, 1.165) is 25.7 Å². The van der Waals surface area contributed by atoms with Gasteiger partial charge < -0.3 is 9.90 Å². The van der Waals surface area contributed by atoms with E-state index in [-0.39, 0.29) is 0 Å². The van der Waals surface area contributed by atoms with Crippen molar-refractivity contribution < 1.29 is 9.90 Å². The average Bonchev–Trinajstić information content (AvgIpc) is 1.81. The smallest absolute Gasteiger partial charge is 0.119 e. The molecule has 0 spiro atoms. The van der Waals surface area contributed by atoms with E-state index in [9.17, 15) is 4.79 Å². The van der Waals surface area contributed by atoms with E-state index >= 15 is 0 Å². The molecule has 0 heterocycles. The molecule has 0 fully saturated rings. The zero-order valence-electron chi connectivity index (χ0n) is 4.84. The van der Waals surface area contributed by atoms with Gasteiger partial charge in [0.25, 0.3) is 0 Å². The third-order valence-corrected chi connectivity index (χ3v) is 0.905. The molecule has 0 atom stereocenters. The van der Waals surface area contributed by atoms with E-state index < -0.39 is 0 Å². The number of hydrogen-bond acceptors (Lipinski definition) is 2. The van der Waals surface area contributed by atoms with Crippen molar-refractivity contribution in [2.75, 3.05) is 0 Å². The minimum Gasteiger partial charge on any atom is -0.390 e. The lowest BCUT2D eigenvalue weighted by Crippen LogP contribution is -1.78. The third-order valence-electron chi connectivity index (χ3n) is 0.905. The molecule has 0 aromatic rings. The highest BCUT2D eigenvalue weighted by Gasteiger charge is 1.84. The molecule has 0 aliphatic heterocycles. The summed E-state index contributed by atoms with van der Waals surface area (Å²) in [6.07, 6.45) is 4.02. The molecule has 0 aromatic carbocycles. The molecule has 1 N–H and O–H groups in total. The summed E-state index contributed by atoms with van der Waals surface area (Å²) in [4.78, 5) is 9.70. The van der Waals surface area contributed by atoms with E-state index in [1.165, 1.54) is 0 Å². The van der Waals surface area contributed by atoms with Crippen LogP contribution in [0.2, 0.25) is 0 Å². The number of aliphatic hydroxyl groups excluding tert-OH is 1. The maximum atomic E-state index is 9.70. The Morgan fingerprint density at radius 2 is 1.88 bits per heavy atom. The lowest BCUT2D eigenvalue weighted by Gasteiger charge is -1.89. The highest BCUT2D eigenvalue weighted by atomic mass is 16.2. The molecule has 0 unspecified atom stereocenters. The Morgan fingerprint density at radius 1 is 1.25 bits per heavy atom. The predicted molar refractivity (Wildman–Crippen MR) is 30.8 cm³/mol. The number of unbranched alkanes of at least 4 members (excludes halogenated alkanes) is 3. The van der Waals surface area contributed by atoms with Crippen molar-refractivity contribution in [3.63, 3.8) is 0 Å². The van der Waals surface area contributed by atoms with Gasteiger partial charge in [-0.1, -0.05) is 6.42 Å². The van der Waals surface area contributed by atoms with Gasteiger partial charge in [-0.3, -0.25) is 0 Å². The van der Waals surface area contributed by atoms with Crippen molar-refractivity contribution >= 4 is 6.29 Å². The van der Waals surface area contributed by atoms with Gasteiger partial charge in [-0.25, -0.2) is 0 Å². The van der Waals surface area contributed by atoms with Crippen molar-refractivity contribution in [3.05, 3.63) is 6.61 Å². The first-order valence-corrected chi connectivity index (χ1v) is 2.81. The Bertz CT molecular complexity index is 52.5. The molecule has 0 bridgehead atoms. The molecule has 47 valence electrons. The third kappa shape index (κ3) is 5.63. The predicted octanol–water partition coefficient (Wildman–Crippen LogP) is 1.28. The minimum atomic E-state index is 0.619. The van der Waals surface area contributed by atoms with Crippen molar-refractivity contribution in [1.29, 1.82) is 0 Å². The molecule has 0 saturated heterocycles. The van der Waals surface area contributed by atoms with E-state index in [1.807, 2.05) is 0 Å². The van der Waals surface area contributed by atoms with Gasteiger partial charge in [0.15, 0.2) is 0 Å². The summed E-state index contributed by atoms with van der Waals surface area (Å²) < 4.78 is 0. The van der Waals surface area contributed by atoms with Crippen LogP contribution in [0.4, 0.5) is 0 Å². The zero-order chi connectivity index (χ0) is 6.24. The van der Waals surface area contributed by atoms with Gasteiger partial charge in [-0.05, 0) is 12.8 Å². The van der Waals surface area contributed by atoms with E-state index in [2.05, 4.69) is 0 Å². The van der Waals surface area contributed by atoms with E-state index in [4.69, 9.17) is 5.11 Å². The lowest BCUT2D eigenvalue weighted by molar-refractivity contribution is -0.107. The molecular formula is C6H11O2. The first-order valence-electron chi connectivity index (χ1n) is 2.81. The van der Waals surface area contributed by atoms with Gasteiger partial charge in [-0.15, -0.1) is 0 Å². The summed E-state index contributed by atoms with van der Waals surface area (Å²) in [6.45, 7) is 1.13. The van der Waals surface area contributed by atoms with Gasteiger partial charge in [-0.2, -0.15) is 0 Å². The standard InChI is InChI=1S/C6H11O2/c7-5-3-1-2-4-6-8/h5-7H,1-4H2. The summed E-state index contributed by atoms with van der Waals surface area (Å²) in [5.74, 6) is 0. The molecule has 0 saturated carbocycles. The minimum absolute atomic E-state index is 0.619. The fourth-order valence-corrected chi connectivity index (χ4v) is 0.463. The van der Waals surface area contributed by atoms with Crippen LogP contribution in [-0.2, 0) is 4.79 Å². The molecule has 2 heteroatoms. The SMILES string of the molecule is O=CCCCC[CH]O. The number of carbonyl (C=O) groups is 1. The number of hydrogen-bond donors (Lipinski definition) is 1. The molecule has 2 nitrogen and oxygen atoms in total. The van der Waals surface area contributed by atoms with E-state index in [1.54, 1.807) is 0 Å². The summed E-state index contributed by atoms with van der Waals surface area (Å²) in [5.41, 5.74) is 0. The first-order chi connectivity index (χ1) is 3.91. The van der Waals surface area contributed by atoms with Crippen LogP contribution >= 0.6 is 0 Å². The van der Waals surface area contributed by atoms with Crippen LogP contribution in [0.5, 0.6) is 0 Å². The normalized spacial score (nSPS) is 9.12. The molecule has 0 aliphatic rings. The quantitative estimate of drug-likeness (QED) is 0.433. The van der Waals surface area contributed by atoms with Crippen molar-refractivity contribution in [2.45, 2.75) is 25.7 Å². The van der Waals surface area contributed by atoms with Gasteiger partial charge >= 0.3 is 0 Å². The summed E-state index contributed by atoms with van der Waals surface area (Å²) in [5, 5.41) is 8.15. The van der Waals surface area contributed by atoms with Gasteiger partial charge in [0.05, 0.1) is 6.61 Å². The summed E-state index contributed by atoms with van der Waals surface area (Å²) in [6, 6.07) is 0. The second-order valence-corrected chi connectivity index (χ2v) is 1.63. The van der Waals surface area contributed by atoms with Crippen LogP contribution in [-0.4, -0.2) is 11.4 Å². The van der Waals surface area contributed by atoms with Crippen molar-refractivity contribution in [1.82, 2.24) is 0 Å². The molecule has 0 aromatic heterocycles. The largest absolute Gasteiger partial charge is 0.390 e. The maximum absolute atomic E-state index is 9.70. The highest BCUT2D eigenvalue weighted by Crippen LogP contribution is 1.97. The second kappa shape index (κ2) is 6.63. The van der Waals surface area contributed by atoms with Crippen molar-refractivity contribution in [3.8, 4) is 0 Å². The fourth-order valence-electron chi connectivity index (χ4n) is 0.463. The fraction of sp³-hybridized carbons (Fsp3) is 0.667. The maximum Gasteiger partial charge on any atom is 0.119 e. The zero-order valence-corrected chi connectivity index (χ0v) is 4.84. The number of rotatable bonds is 5. The van der Waals surface area contributed by atoms with Crippen molar-refractivity contribution in [2.24, 2.45) is 0 Å². The monoisotopic (exact) mass is 115 g/mol. The molecule has 0 amide bonds. The lowest BCUT2D eigenvalue weighted by atomic mass is 10.2. The number of aldehydes is 1. The van der Waals surface area contributed by atoms with E-state index in [0.29, 0.717) is 12.8 Å². The van der Waals surface area contributed by atoms with Crippen LogP contribution in [0, 0.1) is 6.61 Å². The summed E-state index contributed by atoms with van der Waals surface area (Å²) >= 11 is 0. The van der Waals surface area contributed by atoms with Gasteiger partial charge in [0.2, 0.25) is 0 Å². The molecule has 0 rings (SSSR count). The molecule has 0 aliphatic carbocycles. The second-order valence-electron chi connectivity index (χ2n) is 1.63. The Kier molecular flexibility index (Phi) is 6.32. The van der Waals surface area contributed by atoms with Gasteiger partial charge in [0, 0.05) is 6.42 Å². The first kappa shape index (κ1) is 7.63. The average molecular weight is 115 g/mol.